The van der Waals surface area contributed by atoms with Gasteiger partial charge in [0, 0.05) is 387 Å². The van der Waals surface area contributed by atoms with Crippen molar-refractivity contribution in [3.63, 3.8) is 0 Å². The average Bonchev–Trinajstić information content (AvgIpc) is 0.899. The first-order valence-corrected chi connectivity index (χ1v) is 41.3. The van der Waals surface area contributed by atoms with Crippen molar-refractivity contribution in [1.29, 1.82) is 0 Å². The number of carbonyl (C=O) groups excluding carboxylic acids is 20. The normalized spacial score (nSPS) is 10.7. The summed E-state index contributed by atoms with van der Waals surface area (Å²) < 4.78 is 0. The van der Waals surface area contributed by atoms with E-state index in [2.05, 4.69) is 0 Å². The summed E-state index contributed by atoms with van der Waals surface area (Å²) in [6.45, 7) is 32.4. The lowest BCUT2D eigenvalue weighted by Gasteiger charge is -2.33. The summed E-state index contributed by atoms with van der Waals surface area (Å²) in [6.07, 6.45) is 0. The maximum atomic E-state index is 13.1. The predicted octanol–water partition coefficient (Wildman–Crippen LogP) is -2.63. The smallest absolute Gasteiger partial charge is 0.242 e. The topological polar surface area (TPSA) is 426 Å². The summed E-state index contributed by atoms with van der Waals surface area (Å²) >= 11 is 0. The van der Waals surface area contributed by atoms with Crippen molar-refractivity contribution in [3.8, 4) is 0 Å². The van der Waals surface area contributed by atoms with Crippen LogP contribution in [0.5, 0.6) is 0 Å². The molecule has 0 unspecified atom stereocenters. The summed E-state index contributed by atoms with van der Waals surface area (Å²) in [5.41, 5.74) is 0. The maximum Gasteiger partial charge on any atom is 0.242 e. The molecule has 1 N–H and O–H groups in total. The van der Waals surface area contributed by atoms with E-state index >= 15 is 0 Å². The third-order valence-corrected chi connectivity index (χ3v) is 21.3. The highest BCUT2D eigenvalue weighted by Gasteiger charge is 2.28. The van der Waals surface area contributed by atoms with Crippen LogP contribution in [0.15, 0.2) is 0 Å². The Hall–Kier alpha value is -10.6. The fourth-order valence-electron chi connectivity index (χ4n) is 12.9. The van der Waals surface area contributed by atoms with Gasteiger partial charge in [0.25, 0.3) is 0 Å². The van der Waals surface area contributed by atoms with Crippen LogP contribution in [0.3, 0.4) is 0 Å². The molecule has 20 amide bonds. The van der Waals surface area contributed by atoms with E-state index in [1.54, 1.807) is 9.80 Å². The molecule has 0 aromatic rings. The van der Waals surface area contributed by atoms with Crippen LogP contribution in [0.2, 0.25) is 0 Å². The van der Waals surface area contributed by atoms with Crippen molar-refractivity contribution in [2.45, 2.75) is 145 Å². The largest absolute Gasteiger partial charge is 0.341 e. The van der Waals surface area contributed by atoms with Gasteiger partial charge in [-0.05, 0) is 6.92 Å². The Balaban J connectivity index is 5.81. The quantitative estimate of drug-likeness (QED) is 0.0481. The molecule has 0 aliphatic carbocycles. The van der Waals surface area contributed by atoms with Gasteiger partial charge in [-0.3, -0.25) is 101 Å². The van der Waals surface area contributed by atoms with E-state index in [9.17, 15) is 101 Å². The molecule has 688 valence electrons. The molecule has 0 aromatic heterocycles. The Labute approximate surface area is 715 Å². The molecule has 41 heteroatoms. The molecule has 0 saturated heterocycles. The summed E-state index contributed by atoms with van der Waals surface area (Å²) in [6, 6.07) is 0. The first-order valence-electron chi connectivity index (χ1n) is 41.3. The molecule has 0 radical (unpaired) electrons. The lowest BCUT2D eigenvalue weighted by Crippen LogP contribution is -2.49. The molecule has 121 heavy (non-hydrogen) atoms. The average molecular weight is 1720 g/mol. The van der Waals surface area contributed by atoms with E-state index in [-0.39, 0.29) is 354 Å². The van der Waals surface area contributed by atoms with Gasteiger partial charge in [-0.1, -0.05) is 0 Å². The fraction of sp³-hybridized carbons (Fsp3) is 0.750. The molecule has 0 aliphatic heterocycles. The van der Waals surface area contributed by atoms with Crippen molar-refractivity contribution in [2.75, 3.05) is 255 Å². The van der Waals surface area contributed by atoms with Crippen LogP contribution in [0.1, 0.15) is 145 Å². The van der Waals surface area contributed by atoms with E-state index in [4.69, 9.17) is 0 Å². The number of rotatable bonds is 58. The van der Waals surface area contributed by atoms with Crippen LogP contribution in [-0.4, -0.2) is 477 Å². The van der Waals surface area contributed by atoms with Crippen LogP contribution in [-0.2, 0) is 95.9 Å². The molecule has 0 aliphatic rings. The molecule has 0 rings (SSSR count). The molecule has 0 saturated carbocycles. The third-order valence-electron chi connectivity index (χ3n) is 21.3. The lowest BCUT2D eigenvalue weighted by atomic mass is 10.3. The number of hydrogen-bond donors (Lipinski definition) is 1. The van der Waals surface area contributed by atoms with E-state index in [0.717, 1.165) is 0 Å². The summed E-state index contributed by atoms with van der Waals surface area (Å²) in [5.74, 6) is -6.67. The summed E-state index contributed by atoms with van der Waals surface area (Å²) in [4.78, 5) is 284. The zero-order chi connectivity index (χ0) is 92.7. The monoisotopic (exact) mass is 1720 g/mol. The van der Waals surface area contributed by atoms with Crippen molar-refractivity contribution in [3.05, 3.63) is 0 Å². The number of likely N-dealkylation sites (N-methyl/N-ethyl adjacent to an activating group) is 1. The Morgan fingerprint density at radius 2 is 0.190 bits per heavy atom. The van der Waals surface area contributed by atoms with Gasteiger partial charge in [-0.2, -0.15) is 0 Å². The Morgan fingerprint density at radius 3 is 0.248 bits per heavy atom. The highest BCUT2D eigenvalue weighted by atomic mass is 16.5. The second-order valence-electron chi connectivity index (χ2n) is 29.9. The first kappa shape index (κ1) is 110. The van der Waals surface area contributed by atoms with Gasteiger partial charge in [-0.25, -0.2) is 5.06 Å². The highest BCUT2D eigenvalue weighted by molar-refractivity contribution is 5.81. The summed E-state index contributed by atoms with van der Waals surface area (Å²) in [5, 5.41) is 10.3. The molecular weight excluding hydrogens is 1580 g/mol. The third kappa shape index (κ3) is 45.5. The van der Waals surface area contributed by atoms with Gasteiger partial charge in [0.2, 0.25) is 118 Å². The van der Waals surface area contributed by atoms with Crippen molar-refractivity contribution < 1.29 is 101 Å². The minimum absolute atomic E-state index is 0.0190. The van der Waals surface area contributed by atoms with Gasteiger partial charge in [-0.15, -0.1) is 0 Å². The van der Waals surface area contributed by atoms with Crippen molar-refractivity contribution in [1.82, 2.24) is 98.2 Å². The van der Waals surface area contributed by atoms with Gasteiger partial charge >= 0.3 is 0 Å². The molecular formula is C80H142N20O21. The fourth-order valence-corrected chi connectivity index (χ4v) is 12.9. The second-order valence-corrected chi connectivity index (χ2v) is 29.9. The van der Waals surface area contributed by atoms with Crippen LogP contribution in [0.25, 0.3) is 0 Å². The molecule has 0 atom stereocenters. The molecule has 0 fully saturated rings. The van der Waals surface area contributed by atoms with Gasteiger partial charge in [0.05, 0.1) is 6.54 Å². The minimum atomic E-state index is -0.600. The Morgan fingerprint density at radius 1 is 0.124 bits per heavy atom. The van der Waals surface area contributed by atoms with Crippen LogP contribution in [0.4, 0.5) is 0 Å². The lowest BCUT2D eigenvalue weighted by molar-refractivity contribution is -0.164. The number of nitrogens with zero attached hydrogens (tertiary/aromatic N) is 20. The standard InChI is InChI=1S/C80H142N20O21/c1-22-81(61(2)101)23-24-82(62(3)102)25-26-83(63(4)103)27-28-84(64(5)104)29-30-85(65(6)105)31-32-86(66(7)106)33-34-87(67(8)107)35-36-88(68(9)108)37-38-89(69(10)109)39-40-90(70(11)110)41-42-91(71(12)111)43-44-92(72(13)112)45-46-93(73(14)113)47-48-94(74(15)114)49-50-95(75(16)115)51-52-96(76(17)116)53-54-97(77(18)117)55-56-98(78(19)118)57-58-99(79(20)119)59-60-100(121)80(21)120/h121H,22-60H2,1-21H3. The number of carbonyl (C=O) groups is 20. The van der Waals surface area contributed by atoms with Crippen molar-refractivity contribution >= 4 is 118 Å². The molecule has 0 bridgehead atoms. The maximum absolute atomic E-state index is 13.1. The molecule has 0 heterocycles. The minimum Gasteiger partial charge on any atom is -0.341 e. The van der Waals surface area contributed by atoms with Crippen LogP contribution < -0.4 is 0 Å². The van der Waals surface area contributed by atoms with Gasteiger partial charge in [0.1, 0.15) is 0 Å². The first-order chi connectivity index (χ1) is 56.5. The SMILES string of the molecule is CCN(CCN(CCN(CCN(CCN(CCN(CCN(CCN(CCN(CCN(CCN(CCN(CCN(CCN(CCN(CCN(CCN(CCN(CCN(CCN(O)C(C)=O)C(C)=O)C(C)=O)C(C)=O)C(C)=O)C(C)=O)C(C)=O)C(C)=O)C(C)=O)C(C)=O)C(C)=O)C(C)=O)C(C)=O)C(C)=O)C(C)=O)C(C)=O)C(C)=O)C(C)=O)C(C)=O)C(C)=O. The van der Waals surface area contributed by atoms with E-state index in [1.807, 2.05) is 6.92 Å². The van der Waals surface area contributed by atoms with Crippen LogP contribution in [0, 0.1) is 0 Å². The molecule has 0 spiro atoms. The predicted molar refractivity (Wildman–Crippen MR) is 448 cm³/mol. The Kier molecular flexibility index (Phi) is 53.2. The van der Waals surface area contributed by atoms with E-state index in [1.165, 1.54) is 222 Å². The van der Waals surface area contributed by atoms with E-state index in [0.29, 0.717) is 18.2 Å². The number of hydroxylamine groups is 2. The molecule has 41 nitrogen and oxygen atoms in total. The van der Waals surface area contributed by atoms with Gasteiger partial charge in [0.15, 0.2) is 0 Å². The molecule has 0 aromatic carbocycles. The second kappa shape index (κ2) is 58.3. The van der Waals surface area contributed by atoms with Gasteiger partial charge < -0.3 is 93.1 Å². The number of hydrogen-bond acceptors (Lipinski definition) is 21. The summed E-state index contributed by atoms with van der Waals surface area (Å²) in [7, 11) is 0. The zero-order valence-corrected chi connectivity index (χ0v) is 76.1. The number of amides is 20. The van der Waals surface area contributed by atoms with Crippen LogP contribution >= 0.6 is 0 Å². The zero-order valence-electron chi connectivity index (χ0n) is 76.1. The Bertz CT molecular complexity index is 3390. The van der Waals surface area contributed by atoms with Crippen molar-refractivity contribution in [2.24, 2.45) is 0 Å². The van der Waals surface area contributed by atoms with E-state index < -0.39 is 5.91 Å². The highest BCUT2D eigenvalue weighted by Crippen LogP contribution is 2.10.